The van der Waals surface area contributed by atoms with Crippen molar-refractivity contribution in [1.29, 1.82) is 0 Å². The number of aromatic nitrogens is 1. The highest BCUT2D eigenvalue weighted by molar-refractivity contribution is 5.99. The normalized spacial score (nSPS) is 14.4. The molecule has 0 fully saturated rings. The van der Waals surface area contributed by atoms with Gasteiger partial charge in [-0.05, 0) is 38.0 Å². The van der Waals surface area contributed by atoms with Crippen molar-refractivity contribution in [1.82, 2.24) is 10.3 Å². The third kappa shape index (κ3) is 7.92. The summed E-state index contributed by atoms with van der Waals surface area (Å²) in [6.45, 7) is 4.75. The molecule has 1 aliphatic heterocycles. The van der Waals surface area contributed by atoms with Crippen LogP contribution in [0.25, 0.3) is 6.08 Å². The van der Waals surface area contributed by atoms with Crippen molar-refractivity contribution in [3.8, 4) is 5.75 Å². The average molecular weight is 400 g/mol. The molecule has 29 heavy (non-hydrogen) atoms. The van der Waals surface area contributed by atoms with Gasteiger partial charge in [-0.3, -0.25) is 9.79 Å². The van der Waals surface area contributed by atoms with Crippen LogP contribution in [0.3, 0.4) is 0 Å². The van der Waals surface area contributed by atoms with E-state index in [0.717, 1.165) is 23.5 Å². The standard InChI is InChI=1S/C24H37N3O2/c1-4-6-7-8-9-10-11-12-13-14-19-15-16-20(26-19)17-21-23(29-3)18-22(27-21)24(28)25-5-2/h15-18,27H,4-14H2,1-3H3,(H,25,28)/b20-17-. The number of aliphatic imine (C=N–C) groups is 1. The number of rotatable bonds is 14. The highest BCUT2D eigenvalue weighted by Gasteiger charge is 2.13. The molecule has 0 saturated heterocycles. The van der Waals surface area contributed by atoms with Crippen LogP contribution in [0.2, 0.25) is 0 Å². The Bertz CT molecular complexity index is 728. The zero-order chi connectivity index (χ0) is 20.9. The van der Waals surface area contributed by atoms with Gasteiger partial charge in [0.25, 0.3) is 5.91 Å². The van der Waals surface area contributed by atoms with E-state index in [9.17, 15) is 4.79 Å². The summed E-state index contributed by atoms with van der Waals surface area (Å²) in [5.41, 5.74) is 3.28. The number of methoxy groups -OCH3 is 1. The summed E-state index contributed by atoms with van der Waals surface area (Å²) >= 11 is 0. The Morgan fingerprint density at radius 3 is 2.41 bits per heavy atom. The minimum absolute atomic E-state index is 0.132. The Hall–Kier alpha value is -2.30. The maximum atomic E-state index is 12.0. The van der Waals surface area contributed by atoms with E-state index in [4.69, 9.17) is 9.73 Å². The topological polar surface area (TPSA) is 66.5 Å². The molecule has 1 aromatic heterocycles. The van der Waals surface area contributed by atoms with Crippen LogP contribution < -0.4 is 10.1 Å². The molecule has 0 bridgehead atoms. The van der Waals surface area contributed by atoms with Gasteiger partial charge >= 0.3 is 0 Å². The fourth-order valence-corrected chi connectivity index (χ4v) is 3.51. The van der Waals surface area contributed by atoms with Crippen molar-refractivity contribution in [3.63, 3.8) is 0 Å². The third-order valence-electron chi connectivity index (χ3n) is 5.16. The summed E-state index contributed by atoms with van der Waals surface area (Å²) in [4.78, 5) is 19.8. The van der Waals surface area contributed by atoms with Gasteiger partial charge in [0.1, 0.15) is 11.4 Å². The second kappa shape index (κ2) is 13.0. The predicted octanol–water partition coefficient (Wildman–Crippen LogP) is 6.05. The number of carbonyl (C=O) groups excluding carboxylic acids is 1. The average Bonchev–Trinajstić information content (AvgIpc) is 3.34. The quantitative estimate of drug-likeness (QED) is 0.374. The van der Waals surface area contributed by atoms with Crippen LogP contribution in [0.5, 0.6) is 5.75 Å². The van der Waals surface area contributed by atoms with E-state index < -0.39 is 0 Å². The smallest absolute Gasteiger partial charge is 0.267 e. The molecule has 1 amide bonds. The molecule has 160 valence electrons. The highest BCUT2D eigenvalue weighted by atomic mass is 16.5. The first-order valence-electron chi connectivity index (χ1n) is 11.2. The highest BCUT2D eigenvalue weighted by Crippen LogP contribution is 2.25. The molecule has 0 spiro atoms. The molecular weight excluding hydrogens is 362 g/mol. The maximum absolute atomic E-state index is 12.0. The van der Waals surface area contributed by atoms with E-state index in [0.29, 0.717) is 18.0 Å². The van der Waals surface area contributed by atoms with E-state index in [1.807, 2.05) is 19.1 Å². The number of unbranched alkanes of at least 4 members (excludes halogenated alkanes) is 8. The van der Waals surface area contributed by atoms with Gasteiger partial charge in [0.05, 0.1) is 18.5 Å². The molecule has 0 atom stereocenters. The summed E-state index contributed by atoms with van der Waals surface area (Å²) < 4.78 is 5.40. The largest absolute Gasteiger partial charge is 0.494 e. The number of H-pyrrole nitrogens is 1. The lowest BCUT2D eigenvalue weighted by atomic mass is 10.1. The maximum Gasteiger partial charge on any atom is 0.267 e. The molecule has 5 nitrogen and oxygen atoms in total. The van der Waals surface area contributed by atoms with E-state index in [-0.39, 0.29) is 5.91 Å². The number of allylic oxidation sites excluding steroid dienone is 2. The van der Waals surface area contributed by atoms with Crippen LogP contribution in [-0.4, -0.2) is 30.3 Å². The number of nitrogens with one attached hydrogen (secondary N) is 2. The van der Waals surface area contributed by atoms with Crippen LogP contribution in [0.1, 0.15) is 94.2 Å². The van der Waals surface area contributed by atoms with Crippen molar-refractivity contribution >= 4 is 17.7 Å². The van der Waals surface area contributed by atoms with E-state index >= 15 is 0 Å². The lowest BCUT2D eigenvalue weighted by Gasteiger charge is -2.02. The van der Waals surface area contributed by atoms with Gasteiger partial charge in [-0.2, -0.15) is 0 Å². The van der Waals surface area contributed by atoms with Crippen molar-refractivity contribution in [2.45, 2.75) is 78.1 Å². The zero-order valence-corrected chi connectivity index (χ0v) is 18.4. The number of aromatic amines is 1. The molecular formula is C24H37N3O2. The molecule has 2 heterocycles. The second-order valence-corrected chi connectivity index (χ2v) is 7.61. The zero-order valence-electron chi connectivity index (χ0n) is 18.4. The molecule has 0 saturated carbocycles. The van der Waals surface area contributed by atoms with Gasteiger partial charge in [-0.15, -0.1) is 0 Å². The van der Waals surface area contributed by atoms with Gasteiger partial charge in [-0.25, -0.2) is 0 Å². The summed E-state index contributed by atoms with van der Waals surface area (Å²) in [5, 5.41) is 2.79. The lowest BCUT2D eigenvalue weighted by molar-refractivity contribution is 0.0951. The summed E-state index contributed by atoms with van der Waals surface area (Å²) in [6.07, 6.45) is 19.1. The van der Waals surface area contributed by atoms with E-state index in [1.54, 1.807) is 13.2 Å². The number of hydrogen-bond donors (Lipinski definition) is 2. The van der Waals surface area contributed by atoms with Gasteiger partial charge in [0, 0.05) is 18.3 Å². The molecule has 1 aromatic rings. The van der Waals surface area contributed by atoms with Crippen LogP contribution in [0.15, 0.2) is 28.9 Å². The SMILES string of the molecule is CCCCCCCCCCCC1=N/C(=C\c2[nH]c(C(=O)NCC)cc2OC)C=C1. The monoisotopic (exact) mass is 399 g/mol. The molecule has 1 aliphatic rings. The Morgan fingerprint density at radius 1 is 1.07 bits per heavy atom. The number of ether oxygens (including phenoxy) is 1. The predicted molar refractivity (Wildman–Crippen MR) is 122 cm³/mol. The molecule has 0 unspecified atom stereocenters. The first-order chi connectivity index (χ1) is 14.2. The number of carbonyl (C=O) groups is 1. The van der Waals surface area contributed by atoms with Crippen molar-refractivity contribution < 1.29 is 9.53 Å². The Kier molecular flexibility index (Phi) is 10.3. The van der Waals surface area contributed by atoms with E-state index in [1.165, 1.54) is 57.8 Å². The first-order valence-corrected chi connectivity index (χ1v) is 11.2. The first kappa shape index (κ1) is 23.0. The van der Waals surface area contributed by atoms with Gasteiger partial charge < -0.3 is 15.0 Å². The molecule has 2 N–H and O–H groups in total. The van der Waals surface area contributed by atoms with Crippen LogP contribution >= 0.6 is 0 Å². The minimum Gasteiger partial charge on any atom is -0.494 e. The van der Waals surface area contributed by atoms with Crippen LogP contribution in [-0.2, 0) is 0 Å². The minimum atomic E-state index is -0.132. The fourth-order valence-electron chi connectivity index (χ4n) is 3.51. The van der Waals surface area contributed by atoms with Crippen LogP contribution in [0.4, 0.5) is 0 Å². The Labute approximate surface area is 175 Å². The second-order valence-electron chi connectivity index (χ2n) is 7.61. The summed E-state index contributed by atoms with van der Waals surface area (Å²) in [6, 6.07) is 1.73. The number of nitrogens with zero attached hydrogens (tertiary/aromatic N) is 1. The molecule has 2 rings (SSSR count). The number of hydrogen-bond acceptors (Lipinski definition) is 3. The van der Waals surface area contributed by atoms with Crippen molar-refractivity contribution in [3.05, 3.63) is 35.3 Å². The van der Waals surface area contributed by atoms with Crippen LogP contribution in [0, 0.1) is 0 Å². The molecule has 0 aromatic carbocycles. The molecule has 5 heteroatoms. The lowest BCUT2D eigenvalue weighted by Crippen LogP contribution is -2.22. The number of amides is 1. The Balaban J connectivity index is 1.78. The van der Waals surface area contributed by atoms with Crippen molar-refractivity contribution in [2.24, 2.45) is 4.99 Å². The third-order valence-corrected chi connectivity index (χ3v) is 5.16. The molecule has 0 aliphatic carbocycles. The van der Waals surface area contributed by atoms with Gasteiger partial charge in [0.15, 0.2) is 0 Å². The summed E-state index contributed by atoms with van der Waals surface area (Å²) in [7, 11) is 1.61. The summed E-state index contributed by atoms with van der Waals surface area (Å²) in [5.74, 6) is 0.515. The van der Waals surface area contributed by atoms with E-state index in [2.05, 4.69) is 23.3 Å². The van der Waals surface area contributed by atoms with Gasteiger partial charge in [-0.1, -0.05) is 58.3 Å². The van der Waals surface area contributed by atoms with Gasteiger partial charge in [0.2, 0.25) is 0 Å². The van der Waals surface area contributed by atoms with Crippen molar-refractivity contribution in [2.75, 3.05) is 13.7 Å². The molecule has 0 radical (unpaired) electrons. The fraction of sp³-hybridized carbons (Fsp3) is 0.583. The Morgan fingerprint density at radius 2 is 1.76 bits per heavy atom.